The average molecular weight is 264 g/mol. The van der Waals surface area contributed by atoms with Crippen molar-refractivity contribution >= 4 is 0 Å². The summed E-state index contributed by atoms with van der Waals surface area (Å²) in [6.07, 6.45) is 0. The minimum absolute atomic E-state index is 0.134. The highest BCUT2D eigenvalue weighted by atomic mass is 16.5. The minimum atomic E-state index is 0.134. The minimum Gasteiger partial charge on any atom is -0.494 e. The van der Waals surface area contributed by atoms with E-state index in [1.54, 1.807) is 0 Å². The Bertz CT molecular complexity index is 388. The Morgan fingerprint density at radius 1 is 1.26 bits per heavy atom. The fourth-order valence-corrected chi connectivity index (χ4v) is 1.80. The molecule has 0 heterocycles. The normalized spacial score (nSPS) is 13.6. The maximum absolute atomic E-state index is 5.69. The van der Waals surface area contributed by atoms with Crippen molar-refractivity contribution in [3.8, 4) is 5.75 Å². The molecule has 0 radical (unpaired) electrons. The zero-order valence-electron chi connectivity index (χ0n) is 13.2. The molecule has 1 unspecified atom stereocenters. The van der Waals surface area contributed by atoms with Gasteiger partial charge in [0.1, 0.15) is 5.75 Å². The van der Waals surface area contributed by atoms with Gasteiger partial charge in [-0.3, -0.25) is 0 Å². The summed E-state index contributed by atoms with van der Waals surface area (Å²) in [7, 11) is 4.22. The number of likely N-dealkylation sites (N-methyl/N-ethyl adjacent to an activating group) is 1. The predicted molar refractivity (Wildman–Crippen MR) is 81.8 cm³/mol. The summed E-state index contributed by atoms with van der Waals surface area (Å²) >= 11 is 0. The summed E-state index contributed by atoms with van der Waals surface area (Å²) in [6.45, 7) is 10.3. The number of nitrogens with zero attached hydrogens (tertiary/aromatic N) is 1. The first kappa shape index (κ1) is 16.0. The molecule has 0 aliphatic heterocycles. The Labute approximate surface area is 118 Å². The molecular weight excluding hydrogens is 236 g/mol. The van der Waals surface area contributed by atoms with Crippen LogP contribution in [0.2, 0.25) is 0 Å². The van der Waals surface area contributed by atoms with Gasteiger partial charge in [0.15, 0.2) is 0 Å². The van der Waals surface area contributed by atoms with Gasteiger partial charge in [0.25, 0.3) is 0 Å². The quantitative estimate of drug-likeness (QED) is 0.819. The first-order valence-electron chi connectivity index (χ1n) is 7.01. The molecule has 108 valence electrons. The highest BCUT2D eigenvalue weighted by Crippen LogP contribution is 2.25. The lowest BCUT2D eigenvalue weighted by Gasteiger charge is -2.34. The highest BCUT2D eigenvalue weighted by molar-refractivity contribution is 5.35. The molecule has 1 aromatic carbocycles. The van der Waals surface area contributed by atoms with E-state index in [4.69, 9.17) is 4.74 Å². The predicted octanol–water partition coefficient (Wildman–Crippen LogP) is 3.08. The number of hydrogen-bond acceptors (Lipinski definition) is 3. The molecular formula is C16H28N2O. The Kier molecular flexibility index (Phi) is 5.83. The van der Waals surface area contributed by atoms with Crippen LogP contribution in [0.25, 0.3) is 0 Å². The van der Waals surface area contributed by atoms with Crippen LogP contribution in [0, 0.1) is 0 Å². The Morgan fingerprint density at radius 3 is 2.47 bits per heavy atom. The van der Waals surface area contributed by atoms with Crippen LogP contribution in [-0.4, -0.2) is 37.7 Å². The van der Waals surface area contributed by atoms with Crippen molar-refractivity contribution in [2.24, 2.45) is 0 Å². The molecule has 1 atom stereocenters. The Hall–Kier alpha value is -1.06. The zero-order chi connectivity index (χ0) is 14.5. The van der Waals surface area contributed by atoms with Crippen LogP contribution in [-0.2, 0) is 0 Å². The van der Waals surface area contributed by atoms with Crippen LogP contribution < -0.4 is 10.1 Å². The number of para-hydroxylation sites is 1. The molecule has 0 amide bonds. The molecule has 0 aliphatic rings. The van der Waals surface area contributed by atoms with Crippen molar-refractivity contribution in [1.29, 1.82) is 0 Å². The Morgan fingerprint density at radius 2 is 1.89 bits per heavy atom. The van der Waals surface area contributed by atoms with Crippen LogP contribution in [0.15, 0.2) is 24.3 Å². The topological polar surface area (TPSA) is 24.5 Å². The molecule has 0 aliphatic carbocycles. The van der Waals surface area contributed by atoms with Gasteiger partial charge in [-0.15, -0.1) is 0 Å². The van der Waals surface area contributed by atoms with Crippen LogP contribution in [0.4, 0.5) is 0 Å². The molecule has 19 heavy (non-hydrogen) atoms. The lowest BCUT2D eigenvalue weighted by atomic mass is 10.0. The zero-order valence-corrected chi connectivity index (χ0v) is 13.2. The molecule has 1 aromatic rings. The van der Waals surface area contributed by atoms with Gasteiger partial charge < -0.3 is 15.0 Å². The van der Waals surface area contributed by atoms with E-state index in [9.17, 15) is 0 Å². The van der Waals surface area contributed by atoms with E-state index in [-0.39, 0.29) is 11.6 Å². The van der Waals surface area contributed by atoms with E-state index in [0.29, 0.717) is 6.61 Å². The second kappa shape index (κ2) is 6.92. The molecule has 0 spiro atoms. The first-order chi connectivity index (χ1) is 8.88. The summed E-state index contributed by atoms with van der Waals surface area (Å²) in [5.41, 5.74) is 1.35. The largest absolute Gasteiger partial charge is 0.494 e. The summed E-state index contributed by atoms with van der Waals surface area (Å²) in [5.74, 6) is 0.979. The second-order valence-corrected chi connectivity index (χ2v) is 5.78. The van der Waals surface area contributed by atoms with Crippen molar-refractivity contribution in [2.75, 3.05) is 27.2 Å². The molecule has 0 fully saturated rings. The van der Waals surface area contributed by atoms with Gasteiger partial charge in [0, 0.05) is 23.7 Å². The van der Waals surface area contributed by atoms with Crippen molar-refractivity contribution in [2.45, 2.75) is 39.3 Å². The third kappa shape index (κ3) is 4.51. The highest BCUT2D eigenvalue weighted by Gasteiger charge is 2.21. The summed E-state index contributed by atoms with van der Waals surface area (Å²) in [4.78, 5) is 2.24. The molecule has 3 heteroatoms. The third-order valence-electron chi connectivity index (χ3n) is 3.74. The average Bonchev–Trinajstić information content (AvgIpc) is 2.37. The van der Waals surface area contributed by atoms with Gasteiger partial charge in [-0.1, -0.05) is 18.2 Å². The summed E-state index contributed by atoms with van der Waals surface area (Å²) in [6, 6.07) is 8.53. The maximum atomic E-state index is 5.69. The van der Waals surface area contributed by atoms with Crippen LogP contribution in [0.3, 0.4) is 0 Å². The monoisotopic (exact) mass is 264 g/mol. The number of benzene rings is 1. The molecule has 0 saturated carbocycles. The molecule has 0 saturated heterocycles. The van der Waals surface area contributed by atoms with E-state index >= 15 is 0 Å². The number of hydrogen-bond donors (Lipinski definition) is 1. The van der Waals surface area contributed by atoms with Gasteiger partial charge in [0.2, 0.25) is 0 Å². The fraction of sp³-hybridized carbons (Fsp3) is 0.625. The molecule has 3 nitrogen and oxygen atoms in total. The van der Waals surface area contributed by atoms with E-state index in [2.05, 4.69) is 57.2 Å². The van der Waals surface area contributed by atoms with Gasteiger partial charge >= 0.3 is 0 Å². The fourth-order valence-electron chi connectivity index (χ4n) is 1.80. The van der Waals surface area contributed by atoms with Crippen molar-refractivity contribution in [3.05, 3.63) is 29.8 Å². The molecule has 0 aromatic heterocycles. The molecule has 1 rings (SSSR count). The van der Waals surface area contributed by atoms with Gasteiger partial charge in [0.05, 0.1) is 6.61 Å². The first-order valence-corrected chi connectivity index (χ1v) is 7.01. The van der Waals surface area contributed by atoms with Crippen molar-refractivity contribution < 1.29 is 4.74 Å². The van der Waals surface area contributed by atoms with E-state index < -0.39 is 0 Å². The maximum Gasteiger partial charge on any atom is 0.124 e. The van der Waals surface area contributed by atoms with E-state index in [1.165, 1.54) is 5.56 Å². The Balaban J connectivity index is 2.70. The van der Waals surface area contributed by atoms with Crippen LogP contribution in [0.1, 0.15) is 39.3 Å². The lowest BCUT2D eigenvalue weighted by Crippen LogP contribution is -2.47. The SMILES string of the molecule is CCOc1ccccc1C(C)NCC(C)(C)N(C)C. The second-order valence-electron chi connectivity index (χ2n) is 5.78. The smallest absolute Gasteiger partial charge is 0.124 e. The van der Waals surface area contributed by atoms with E-state index in [1.807, 2.05) is 19.1 Å². The van der Waals surface area contributed by atoms with Gasteiger partial charge in [-0.05, 0) is 47.9 Å². The van der Waals surface area contributed by atoms with Crippen molar-refractivity contribution in [3.63, 3.8) is 0 Å². The van der Waals surface area contributed by atoms with Crippen LogP contribution >= 0.6 is 0 Å². The van der Waals surface area contributed by atoms with Gasteiger partial charge in [-0.25, -0.2) is 0 Å². The standard InChI is InChI=1S/C16H28N2O/c1-7-19-15-11-9-8-10-14(15)13(2)17-12-16(3,4)18(5)6/h8-11,13,17H,7,12H2,1-6H3. The number of rotatable bonds is 7. The van der Waals surface area contributed by atoms with Crippen LogP contribution in [0.5, 0.6) is 5.75 Å². The third-order valence-corrected chi connectivity index (χ3v) is 3.74. The lowest BCUT2D eigenvalue weighted by molar-refractivity contribution is 0.185. The van der Waals surface area contributed by atoms with Gasteiger partial charge in [-0.2, -0.15) is 0 Å². The number of nitrogens with one attached hydrogen (secondary N) is 1. The molecule has 1 N–H and O–H groups in total. The summed E-state index contributed by atoms with van der Waals surface area (Å²) < 4.78 is 5.69. The van der Waals surface area contributed by atoms with Crippen molar-refractivity contribution in [1.82, 2.24) is 10.2 Å². The number of ether oxygens (including phenoxy) is 1. The summed E-state index contributed by atoms with van der Waals surface area (Å²) in [5, 5.41) is 3.60. The molecule has 0 bridgehead atoms. The van der Waals surface area contributed by atoms with E-state index in [0.717, 1.165) is 12.3 Å².